The zero-order chi connectivity index (χ0) is 23.2. The Morgan fingerprint density at radius 3 is 2.48 bits per heavy atom. The van der Waals surface area contributed by atoms with Gasteiger partial charge in [-0.3, -0.25) is 29.0 Å². The van der Waals surface area contributed by atoms with Crippen LogP contribution < -0.4 is 16.1 Å². The average Bonchev–Trinajstić information content (AvgIpc) is 2.93. The third kappa shape index (κ3) is 4.38. The molecule has 0 unspecified atom stereocenters. The second-order valence-electron chi connectivity index (χ2n) is 6.97. The fourth-order valence-electron chi connectivity index (χ4n) is 3.29. The summed E-state index contributed by atoms with van der Waals surface area (Å²) in [5.41, 5.74) is -2.45. The predicted octanol–water partition coefficient (Wildman–Crippen LogP) is -1.61. The Hall–Kier alpha value is -2.65. The number of benzene rings is 1. The molecule has 0 radical (unpaired) electrons. The molecule has 15 nitrogen and oxygen atoms in total. The van der Waals surface area contributed by atoms with Crippen LogP contribution in [0, 0.1) is 10.1 Å². The number of nitro groups is 1. The van der Waals surface area contributed by atoms with Crippen LogP contribution in [0.2, 0.25) is 0 Å². The minimum absolute atomic E-state index is 0.0469. The molecule has 5 N–H and O–H groups in total. The number of aliphatic hydroxyl groups is 2. The second kappa shape index (κ2) is 8.12. The van der Waals surface area contributed by atoms with Crippen LogP contribution in [0.4, 0.5) is 11.4 Å². The Kier molecular flexibility index (Phi) is 6.03. The van der Waals surface area contributed by atoms with E-state index in [9.17, 15) is 34.5 Å². The molecule has 0 bridgehead atoms. The molecule has 2 aromatic rings. The van der Waals surface area contributed by atoms with Crippen LogP contribution in [-0.2, 0) is 13.8 Å². The highest BCUT2D eigenvalue weighted by Crippen LogP contribution is 2.39. The third-order valence-corrected chi connectivity index (χ3v) is 5.20. The first-order valence-corrected chi connectivity index (χ1v) is 10.2. The molecule has 4 atom stereocenters. The molecule has 16 heteroatoms. The number of H-pyrrole nitrogens is 1. The quantitative estimate of drug-likeness (QED) is 0.186. The number of nitro benzene ring substituents is 1. The van der Waals surface area contributed by atoms with Crippen molar-refractivity contribution < 1.29 is 38.7 Å². The van der Waals surface area contributed by atoms with E-state index in [2.05, 4.69) is 4.52 Å². The van der Waals surface area contributed by atoms with Crippen molar-refractivity contribution in [3.63, 3.8) is 0 Å². The Morgan fingerprint density at radius 1 is 1.29 bits per heavy atom. The smallest absolute Gasteiger partial charge is 0.387 e. The lowest BCUT2D eigenvalue weighted by atomic mass is 10.1. The molecule has 170 valence electrons. The number of rotatable bonds is 6. The van der Waals surface area contributed by atoms with E-state index in [0.717, 1.165) is 10.6 Å². The van der Waals surface area contributed by atoms with Crippen molar-refractivity contribution in [1.82, 2.24) is 9.55 Å². The molecule has 2 heterocycles. The Balaban J connectivity index is 2.17. The van der Waals surface area contributed by atoms with Crippen LogP contribution in [0.15, 0.2) is 21.7 Å². The van der Waals surface area contributed by atoms with Crippen molar-refractivity contribution in [2.45, 2.75) is 24.5 Å². The van der Waals surface area contributed by atoms with Gasteiger partial charge in [-0.2, -0.15) is 0 Å². The van der Waals surface area contributed by atoms with Gasteiger partial charge in [-0.25, -0.2) is 9.36 Å². The van der Waals surface area contributed by atoms with Gasteiger partial charge < -0.3 is 29.6 Å². The Morgan fingerprint density at radius 2 is 1.94 bits per heavy atom. The largest absolute Gasteiger partial charge is 0.469 e. The Bertz CT molecular complexity index is 1190. The number of nitrogens with one attached hydrogen (secondary N) is 1. The number of phosphoric ester groups is 1. The van der Waals surface area contributed by atoms with E-state index in [1.807, 2.05) is 4.98 Å². The lowest BCUT2D eigenvalue weighted by Gasteiger charge is -2.21. The summed E-state index contributed by atoms with van der Waals surface area (Å²) in [6, 6.07) is 2.15. The SMILES string of the molecule is CN(C)c1cc2c(cc1[N+](=O)[O-])c(=O)[nH]c(=O)n2[C@@H]1O[C@H](COP(=O)(O)O)[C@H](O)[C@H]1O. The summed E-state index contributed by atoms with van der Waals surface area (Å²) in [6.45, 7) is -0.802. The molecule has 0 saturated carbocycles. The van der Waals surface area contributed by atoms with Gasteiger partial charge in [0.05, 0.1) is 22.4 Å². The first-order valence-electron chi connectivity index (χ1n) is 8.68. The number of aliphatic hydroxyl groups excluding tert-OH is 2. The molecule has 0 amide bonds. The number of ether oxygens (including phenoxy) is 1. The van der Waals surface area contributed by atoms with Crippen LogP contribution in [0.5, 0.6) is 0 Å². The molecule has 1 fully saturated rings. The predicted molar refractivity (Wildman–Crippen MR) is 104 cm³/mol. The maximum atomic E-state index is 12.5. The minimum atomic E-state index is -4.90. The van der Waals surface area contributed by atoms with Gasteiger partial charge in [0.1, 0.15) is 24.0 Å². The molecular formula is C15H19N4O11P. The van der Waals surface area contributed by atoms with Gasteiger partial charge in [0.2, 0.25) is 0 Å². The summed E-state index contributed by atoms with van der Waals surface area (Å²) in [4.78, 5) is 56.5. The lowest BCUT2D eigenvalue weighted by Crippen LogP contribution is -2.38. The van der Waals surface area contributed by atoms with Crippen molar-refractivity contribution in [3.05, 3.63) is 43.1 Å². The summed E-state index contributed by atoms with van der Waals surface area (Å²) in [7, 11) is -1.89. The number of hydrogen-bond donors (Lipinski definition) is 5. The van der Waals surface area contributed by atoms with E-state index in [-0.39, 0.29) is 16.6 Å². The van der Waals surface area contributed by atoms with Crippen molar-refractivity contribution in [1.29, 1.82) is 0 Å². The summed E-state index contributed by atoms with van der Waals surface area (Å²) >= 11 is 0. The van der Waals surface area contributed by atoms with E-state index in [1.165, 1.54) is 25.1 Å². The average molecular weight is 462 g/mol. The van der Waals surface area contributed by atoms with Crippen LogP contribution in [0.3, 0.4) is 0 Å². The molecule has 31 heavy (non-hydrogen) atoms. The van der Waals surface area contributed by atoms with Gasteiger partial charge in [-0.15, -0.1) is 0 Å². The maximum absolute atomic E-state index is 12.5. The van der Waals surface area contributed by atoms with E-state index in [1.54, 1.807) is 0 Å². The van der Waals surface area contributed by atoms with Crippen LogP contribution in [0.1, 0.15) is 6.23 Å². The fraction of sp³-hybridized carbons (Fsp3) is 0.467. The maximum Gasteiger partial charge on any atom is 0.469 e. The topological polar surface area (TPSA) is 218 Å². The van der Waals surface area contributed by atoms with Gasteiger partial charge in [0, 0.05) is 20.2 Å². The highest BCUT2D eigenvalue weighted by Gasteiger charge is 2.45. The number of hydrogen-bond acceptors (Lipinski definition) is 10. The molecule has 1 aromatic carbocycles. The van der Waals surface area contributed by atoms with E-state index in [0.29, 0.717) is 0 Å². The number of anilines is 1. The summed E-state index contributed by atoms with van der Waals surface area (Å²) in [6.07, 6.45) is -6.47. The van der Waals surface area contributed by atoms with Gasteiger partial charge >= 0.3 is 13.5 Å². The van der Waals surface area contributed by atoms with Crippen molar-refractivity contribution in [3.8, 4) is 0 Å². The van der Waals surface area contributed by atoms with Gasteiger partial charge in [0.25, 0.3) is 11.2 Å². The van der Waals surface area contributed by atoms with Crippen LogP contribution in [-0.4, -0.2) is 73.5 Å². The molecule has 1 aromatic heterocycles. The minimum Gasteiger partial charge on any atom is -0.387 e. The molecule has 0 spiro atoms. The second-order valence-corrected chi connectivity index (χ2v) is 8.21. The summed E-state index contributed by atoms with van der Waals surface area (Å²) < 4.78 is 21.4. The third-order valence-electron chi connectivity index (χ3n) is 4.71. The standard InChI is InChI=1S/C15H19N4O11P/c1-17(2)8-4-7-6(3-9(8)19(24)25)13(22)16-15(23)18(7)14-12(21)11(20)10(30-14)5-29-31(26,27)28/h3-4,10-12,14,20-21H,5H2,1-2H3,(H,16,22,23)(H2,26,27,28)/t10-,11+,12-,14-/m1/s1. The monoisotopic (exact) mass is 462 g/mol. The number of fused-ring (bicyclic) bond motifs is 1. The fourth-order valence-corrected chi connectivity index (χ4v) is 3.63. The van der Waals surface area contributed by atoms with Gasteiger partial charge in [-0.1, -0.05) is 0 Å². The normalized spacial score (nSPS) is 23.9. The van der Waals surface area contributed by atoms with Crippen molar-refractivity contribution in [2.24, 2.45) is 0 Å². The highest BCUT2D eigenvalue weighted by molar-refractivity contribution is 7.46. The van der Waals surface area contributed by atoms with Gasteiger partial charge in [0.15, 0.2) is 6.23 Å². The number of aromatic nitrogens is 2. The van der Waals surface area contributed by atoms with Crippen LogP contribution >= 0.6 is 7.82 Å². The molecule has 1 aliphatic heterocycles. The van der Waals surface area contributed by atoms with Crippen molar-refractivity contribution in [2.75, 3.05) is 25.6 Å². The molecular weight excluding hydrogens is 443 g/mol. The zero-order valence-electron chi connectivity index (χ0n) is 16.1. The van der Waals surface area contributed by atoms with E-state index in [4.69, 9.17) is 14.5 Å². The number of phosphoric acid groups is 1. The summed E-state index contributed by atoms with van der Waals surface area (Å²) in [5, 5.41) is 31.7. The first-order chi connectivity index (χ1) is 14.3. The number of aromatic amines is 1. The lowest BCUT2D eigenvalue weighted by molar-refractivity contribution is -0.384. The van der Waals surface area contributed by atoms with Gasteiger partial charge in [-0.05, 0) is 6.07 Å². The zero-order valence-corrected chi connectivity index (χ0v) is 17.0. The number of nitrogens with zero attached hydrogens (tertiary/aromatic N) is 3. The first kappa shape index (κ1) is 23.0. The van der Waals surface area contributed by atoms with Crippen molar-refractivity contribution >= 4 is 30.1 Å². The molecule has 1 aliphatic rings. The van der Waals surface area contributed by atoms with E-state index >= 15 is 0 Å². The van der Waals surface area contributed by atoms with Crippen LogP contribution in [0.25, 0.3) is 10.9 Å². The Labute approximate surface area is 172 Å². The molecule has 3 rings (SSSR count). The molecule has 1 saturated heterocycles. The molecule has 0 aliphatic carbocycles. The van der Waals surface area contributed by atoms with E-state index < -0.39 is 60.8 Å². The summed E-state index contributed by atoms with van der Waals surface area (Å²) in [5.74, 6) is 0. The highest BCUT2D eigenvalue weighted by atomic mass is 31.2.